The number of aliphatic carboxylic acids is 1. The largest absolute Gasteiger partial charge is 0.480 e. The molecule has 1 saturated carbocycles. The second-order valence-electron chi connectivity index (χ2n) is 4.34. The maximum Gasteiger partial charge on any atom is 0.328 e. The van der Waals surface area contributed by atoms with E-state index in [-0.39, 0.29) is 18.7 Å². The number of nitrogens with zero attached hydrogens (tertiary/aromatic N) is 1. The van der Waals surface area contributed by atoms with Crippen LogP contribution in [0.5, 0.6) is 0 Å². The Morgan fingerprint density at radius 1 is 1.47 bits per heavy atom. The van der Waals surface area contributed by atoms with Crippen molar-refractivity contribution in [3.05, 3.63) is 0 Å². The summed E-state index contributed by atoms with van der Waals surface area (Å²) in [5, 5.41) is 11.3. The molecule has 0 aliphatic heterocycles. The normalized spacial score (nSPS) is 17.8. The van der Waals surface area contributed by atoms with Crippen LogP contribution in [0, 0.1) is 0 Å². The van der Waals surface area contributed by atoms with Crippen LogP contribution in [0.25, 0.3) is 0 Å². The van der Waals surface area contributed by atoms with E-state index in [1.54, 1.807) is 11.9 Å². The molecule has 0 saturated heterocycles. The van der Waals surface area contributed by atoms with Gasteiger partial charge in [-0.1, -0.05) is 12.8 Å². The minimum absolute atomic E-state index is 0.0282. The lowest BCUT2D eigenvalue weighted by atomic mass is 10.2. The van der Waals surface area contributed by atoms with Crippen LogP contribution in [0.15, 0.2) is 0 Å². The quantitative estimate of drug-likeness (QED) is 0.745. The zero-order valence-electron chi connectivity index (χ0n) is 10.3. The maximum atomic E-state index is 11.8. The summed E-state index contributed by atoms with van der Waals surface area (Å²) in [4.78, 5) is 24.3. The van der Waals surface area contributed by atoms with Crippen LogP contribution < -0.4 is 5.32 Å². The number of ether oxygens (including phenoxy) is 1. The van der Waals surface area contributed by atoms with Gasteiger partial charge in [-0.3, -0.25) is 0 Å². The van der Waals surface area contributed by atoms with Gasteiger partial charge in [0.25, 0.3) is 0 Å². The van der Waals surface area contributed by atoms with Crippen molar-refractivity contribution < 1.29 is 19.4 Å². The molecule has 0 bridgehead atoms. The van der Waals surface area contributed by atoms with E-state index in [2.05, 4.69) is 5.32 Å². The highest BCUT2D eigenvalue weighted by Crippen LogP contribution is 2.22. The molecule has 98 valence electrons. The molecular weight excluding hydrogens is 224 g/mol. The molecule has 0 spiro atoms. The van der Waals surface area contributed by atoms with Gasteiger partial charge in [0, 0.05) is 20.2 Å². The molecule has 0 aromatic heterocycles. The van der Waals surface area contributed by atoms with Crippen LogP contribution >= 0.6 is 0 Å². The molecule has 1 atom stereocenters. The van der Waals surface area contributed by atoms with Gasteiger partial charge in [-0.15, -0.1) is 0 Å². The third-order valence-corrected chi connectivity index (χ3v) is 3.12. The van der Waals surface area contributed by atoms with Crippen molar-refractivity contribution >= 4 is 12.0 Å². The fourth-order valence-corrected chi connectivity index (χ4v) is 2.05. The second kappa shape index (κ2) is 6.44. The molecule has 1 aliphatic carbocycles. The van der Waals surface area contributed by atoms with E-state index in [9.17, 15) is 9.59 Å². The monoisotopic (exact) mass is 244 g/mol. The van der Waals surface area contributed by atoms with E-state index in [0.29, 0.717) is 0 Å². The summed E-state index contributed by atoms with van der Waals surface area (Å²) in [5.74, 6) is -1.08. The first-order valence-electron chi connectivity index (χ1n) is 5.81. The SMILES string of the molecule is COCC(NC(=O)N(C)C1CCCC1)C(=O)O. The van der Waals surface area contributed by atoms with Crippen LogP contribution in [0.3, 0.4) is 0 Å². The highest BCUT2D eigenvalue weighted by molar-refractivity contribution is 5.82. The average Bonchev–Trinajstić information content (AvgIpc) is 2.80. The summed E-state index contributed by atoms with van der Waals surface area (Å²) in [6.07, 6.45) is 4.24. The highest BCUT2D eigenvalue weighted by atomic mass is 16.5. The van der Waals surface area contributed by atoms with E-state index in [0.717, 1.165) is 25.7 Å². The molecule has 1 rings (SSSR count). The molecule has 0 aromatic carbocycles. The summed E-state index contributed by atoms with van der Waals surface area (Å²) in [5.41, 5.74) is 0. The Hall–Kier alpha value is -1.30. The molecule has 6 nitrogen and oxygen atoms in total. The van der Waals surface area contributed by atoms with Gasteiger partial charge in [-0.05, 0) is 12.8 Å². The number of carboxylic acids is 1. The van der Waals surface area contributed by atoms with Crippen LogP contribution in [-0.4, -0.2) is 54.9 Å². The number of rotatable bonds is 5. The average molecular weight is 244 g/mol. The second-order valence-corrected chi connectivity index (χ2v) is 4.34. The van der Waals surface area contributed by atoms with Crippen LogP contribution in [-0.2, 0) is 9.53 Å². The van der Waals surface area contributed by atoms with Gasteiger partial charge >= 0.3 is 12.0 Å². The standard InChI is InChI=1S/C11H20N2O4/c1-13(8-5-3-4-6-8)11(16)12-9(7-17-2)10(14)15/h8-9H,3-7H2,1-2H3,(H,12,16)(H,14,15). The zero-order valence-corrected chi connectivity index (χ0v) is 10.3. The molecule has 0 radical (unpaired) electrons. The molecule has 2 N–H and O–H groups in total. The first kappa shape index (κ1) is 13.8. The van der Waals surface area contributed by atoms with Crippen molar-refractivity contribution in [3.8, 4) is 0 Å². The third kappa shape index (κ3) is 3.89. The topological polar surface area (TPSA) is 78.9 Å². The Kier molecular flexibility index (Phi) is 5.21. The predicted octanol–water partition coefficient (Wildman–Crippen LogP) is 0.670. The Bertz CT molecular complexity index is 277. The maximum absolute atomic E-state index is 11.8. The van der Waals surface area contributed by atoms with E-state index in [4.69, 9.17) is 9.84 Å². The Morgan fingerprint density at radius 3 is 2.53 bits per heavy atom. The van der Waals surface area contributed by atoms with E-state index in [1.165, 1.54) is 7.11 Å². The number of hydrogen-bond donors (Lipinski definition) is 2. The molecule has 0 aromatic rings. The Balaban J connectivity index is 2.47. The summed E-state index contributed by atoms with van der Waals surface area (Å²) in [6, 6.07) is -1.11. The summed E-state index contributed by atoms with van der Waals surface area (Å²) < 4.78 is 4.76. The van der Waals surface area contributed by atoms with Gasteiger partial charge in [0.2, 0.25) is 0 Å². The fraction of sp³-hybridized carbons (Fsp3) is 0.818. The van der Waals surface area contributed by atoms with Crippen molar-refractivity contribution in [2.45, 2.75) is 37.8 Å². The van der Waals surface area contributed by atoms with Gasteiger partial charge < -0.3 is 20.1 Å². The molecular formula is C11H20N2O4. The first-order valence-corrected chi connectivity index (χ1v) is 5.81. The molecule has 2 amide bonds. The molecule has 1 unspecified atom stereocenters. The van der Waals surface area contributed by atoms with Crippen molar-refractivity contribution in [1.29, 1.82) is 0 Å². The molecule has 1 fully saturated rings. The number of nitrogens with one attached hydrogen (secondary N) is 1. The molecule has 0 heterocycles. The van der Waals surface area contributed by atoms with Crippen molar-refractivity contribution in [3.63, 3.8) is 0 Å². The molecule has 6 heteroatoms. The summed E-state index contributed by atoms with van der Waals surface area (Å²) in [6.45, 7) is -0.0282. The zero-order chi connectivity index (χ0) is 12.8. The first-order chi connectivity index (χ1) is 8.06. The minimum atomic E-state index is -1.08. The summed E-state index contributed by atoms with van der Waals surface area (Å²) >= 11 is 0. The molecule has 1 aliphatic rings. The predicted molar refractivity (Wildman–Crippen MR) is 61.9 cm³/mol. The van der Waals surface area contributed by atoms with Crippen LogP contribution in [0.4, 0.5) is 4.79 Å². The van der Waals surface area contributed by atoms with Crippen molar-refractivity contribution in [2.24, 2.45) is 0 Å². The van der Waals surface area contributed by atoms with Crippen molar-refractivity contribution in [2.75, 3.05) is 20.8 Å². The Labute approximate surface area is 101 Å². The number of methoxy groups -OCH3 is 1. The van der Waals surface area contributed by atoms with Gasteiger partial charge in [-0.2, -0.15) is 0 Å². The number of carboxylic acid groups (broad SMARTS) is 1. The van der Waals surface area contributed by atoms with Crippen molar-refractivity contribution in [1.82, 2.24) is 10.2 Å². The molecule has 17 heavy (non-hydrogen) atoms. The van der Waals surface area contributed by atoms with E-state index in [1.807, 2.05) is 0 Å². The van der Waals surface area contributed by atoms with E-state index >= 15 is 0 Å². The van der Waals surface area contributed by atoms with Crippen LogP contribution in [0.2, 0.25) is 0 Å². The number of hydrogen-bond acceptors (Lipinski definition) is 3. The van der Waals surface area contributed by atoms with Gasteiger partial charge in [0.1, 0.15) is 0 Å². The lowest BCUT2D eigenvalue weighted by Crippen LogP contribution is -2.50. The van der Waals surface area contributed by atoms with Gasteiger partial charge in [0.05, 0.1) is 6.61 Å². The van der Waals surface area contributed by atoms with Crippen LogP contribution in [0.1, 0.15) is 25.7 Å². The highest BCUT2D eigenvalue weighted by Gasteiger charge is 2.26. The summed E-state index contributed by atoms with van der Waals surface area (Å²) in [7, 11) is 3.11. The van der Waals surface area contributed by atoms with Gasteiger partial charge in [-0.25, -0.2) is 9.59 Å². The number of carbonyl (C=O) groups is 2. The lowest BCUT2D eigenvalue weighted by Gasteiger charge is -2.26. The fourth-order valence-electron chi connectivity index (χ4n) is 2.05. The van der Waals surface area contributed by atoms with E-state index < -0.39 is 12.0 Å². The smallest absolute Gasteiger partial charge is 0.328 e. The number of amides is 2. The Morgan fingerprint density at radius 2 is 2.06 bits per heavy atom. The minimum Gasteiger partial charge on any atom is -0.480 e. The number of carbonyl (C=O) groups excluding carboxylic acids is 1. The number of urea groups is 1. The van der Waals surface area contributed by atoms with Gasteiger partial charge in [0.15, 0.2) is 6.04 Å². The third-order valence-electron chi connectivity index (χ3n) is 3.12. The lowest BCUT2D eigenvalue weighted by molar-refractivity contribution is -0.140.